The van der Waals surface area contributed by atoms with Crippen molar-refractivity contribution in [3.8, 4) is 0 Å². The summed E-state index contributed by atoms with van der Waals surface area (Å²) in [5, 5.41) is 1.07. The van der Waals surface area contributed by atoms with Gasteiger partial charge in [0, 0.05) is 11.0 Å². The molecule has 0 aliphatic carbocycles. The highest BCUT2D eigenvalue weighted by molar-refractivity contribution is 8.06. The Balaban J connectivity index is 1.61. The fourth-order valence-electron chi connectivity index (χ4n) is 2.45. The highest BCUT2D eigenvalue weighted by atomic mass is 32.2. The van der Waals surface area contributed by atoms with Gasteiger partial charge in [-0.1, -0.05) is 84.0 Å². The van der Waals surface area contributed by atoms with E-state index >= 15 is 0 Å². The second kappa shape index (κ2) is 11.4. The molecule has 0 bridgehead atoms. The molecule has 0 amide bonds. The van der Waals surface area contributed by atoms with Crippen molar-refractivity contribution in [1.29, 1.82) is 0 Å². The fraction of sp³-hybridized carbons (Fsp3) is 1.00. The van der Waals surface area contributed by atoms with Gasteiger partial charge in [0.05, 0.1) is 0 Å². The lowest BCUT2D eigenvalue weighted by Crippen LogP contribution is -1.85. The van der Waals surface area contributed by atoms with E-state index in [2.05, 4.69) is 18.7 Å². The molecule has 1 unspecified atom stereocenters. The molecule has 0 aromatic rings. The van der Waals surface area contributed by atoms with Crippen molar-refractivity contribution in [3.63, 3.8) is 0 Å². The van der Waals surface area contributed by atoms with Crippen molar-refractivity contribution in [2.75, 3.05) is 5.75 Å². The number of thioether (sulfide) groups is 1. The Hall–Kier alpha value is 0.350. The van der Waals surface area contributed by atoms with Crippen molar-refractivity contribution in [3.05, 3.63) is 0 Å². The van der Waals surface area contributed by atoms with Crippen LogP contribution in [0.25, 0.3) is 0 Å². The molecule has 1 aliphatic heterocycles. The lowest BCUT2D eigenvalue weighted by atomic mass is 10.0. The third-order valence-corrected chi connectivity index (χ3v) is 4.82. The minimum Gasteiger partial charge on any atom is -0.157 e. The molecular weight excluding hydrogens is 224 g/mol. The van der Waals surface area contributed by atoms with Crippen molar-refractivity contribution < 1.29 is 0 Å². The van der Waals surface area contributed by atoms with Gasteiger partial charge in [0.25, 0.3) is 0 Å². The van der Waals surface area contributed by atoms with Gasteiger partial charge >= 0.3 is 0 Å². The molecular formula is C16H32S. The van der Waals surface area contributed by atoms with Crippen molar-refractivity contribution in [1.82, 2.24) is 0 Å². The van der Waals surface area contributed by atoms with E-state index in [-0.39, 0.29) is 0 Å². The summed E-state index contributed by atoms with van der Waals surface area (Å²) in [6, 6.07) is 0. The van der Waals surface area contributed by atoms with Crippen molar-refractivity contribution >= 4 is 11.8 Å². The second-order valence-corrected chi connectivity index (χ2v) is 6.97. The van der Waals surface area contributed by atoms with Gasteiger partial charge in [0.1, 0.15) is 0 Å². The molecule has 0 radical (unpaired) electrons. The topological polar surface area (TPSA) is 0 Å². The largest absolute Gasteiger partial charge is 0.157 e. The number of rotatable bonds is 13. The molecule has 0 N–H and O–H groups in total. The molecule has 17 heavy (non-hydrogen) atoms. The van der Waals surface area contributed by atoms with E-state index < -0.39 is 0 Å². The lowest BCUT2D eigenvalue weighted by Gasteiger charge is -2.02. The van der Waals surface area contributed by atoms with Gasteiger partial charge in [-0.05, 0) is 6.42 Å². The molecule has 1 aliphatic rings. The van der Waals surface area contributed by atoms with Gasteiger partial charge in [0.15, 0.2) is 0 Å². The fourth-order valence-corrected chi connectivity index (χ4v) is 3.08. The van der Waals surface area contributed by atoms with E-state index in [9.17, 15) is 0 Å². The van der Waals surface area contributed by atoms with Crippen LogP contribution in [-0.2, 0) is 0 Å². The van der Waals surface area contributed by atoms with Gasteiger partial charge in [-0.25, -0.2) is 0 Å². The van der Waals surface area contributed by atoms with E-state index in [4.69, 9.17) is 0 Å². The first-order chi connectivity index (χ1) is 8.43. The summed E-state index contributed by atoms with van der Waals surface area (Å²) in [4.78, 5) is 0. The maximum absolute atomic E-state index is 2.29. The van der Waals surface area contributed by atoms with Gasteiger partial charge < -0.3 is 0 Å². The zero-order valence-electron chi connectivity index (χ0n) is 11.9. The zero-order chi connectivity index (χ0) is 12.2. The van der Waals surface area contributed by atoms with Gasteiger partial charge in [0.2, 0.25) is 0 Å². The van der Waals surface area contributed by atoms with E-state index in [1.54, 1.807) is 0 Å². The molecule has 1 fully saturated rings. The summed E-state index contributed by atoms with van der Waals surface area (Å²) in [6.07, 6.45) is 19.2. The van der Waals surface area contributed by atoms with E-state index in [1.807, 2.05) is 0 Å². The molecule has 1 rings (SSSR count). The zero-order valence-corrected chi connectivity index (χ0v) is 12.7. The Labute approximate surface area is 113 Å². The molecule has 0 aromatic carbocycles. The van der Waals surface area contributed by atoms with Crippen LogP contribution in [0.5, 0.6) is 0 Å². The first-order valence-corrected chi connectivity index (χ1v) is 9.10. The SMILES string of the molecule is CCCCCCCCCCCCCCC1CS1. The molecule has 0 spiro atoms. The Kier molecular flexibility index (Phi) is 10.4. The lowest BCUT2D eigenvalue weighted by molar-refractivity contribution is 0.541. The quantitative estimate of drug-likeness (QED) is 0.279. The van der Waals surface area contributed by atoms with Crippen LogP contribution in [0, 0.1) is 0 Å². The Morgan fingerprint density at radius 1 is 0.706 bits per heavy atom. The van der Waals surface area contributed by atoms with Crippen LogP contribution in [0.4, 0.5) is 0 Å². The van der Waals surface area contributed by atoms with Crippen molar-refractivity contribution in [2.45, 2.75) is 95.6 Å². The maximum Gasteiger partial charge on any atom is 0.0138 e. The van der Waals surface area contributed by atoms with E-state index in [0.717, 1.165) is 5.25 Å². The summed E-state index contributed by atoms with van der Waals surface area (Å²) < 4.78 is 0. The number of unbranched alkanes of at least 4 members (excludes halogenated alkanes) is 11. The summed E-state index contributed by atoms with van der Waals surface area (Å²) in [6.45, 7) is 2.29. The first kappa shape index (κ1) is 15.4. The smallest absolute Gasteiger partial charge is 0.0138 e. The number of hydrogen-bond acceptors (Lipinski definition) is 1. The minimum absolute atomic E-state index is 1.07. The standard InChI is InChI=1S/C16H32S/c1-2-3-4-5-6-7-8-9-10-11-12-13-14-16-15-17-16/h16H,2-15H2,1H3. The summed E-state index contributed by atoms with van der Waals surface area (Å²) in [5.41, 5.74) is 0. The summed E-state index contributed by atoms with van der Waals surface area (Å²) >= 11 is 2.15. The highest BCUT2D eigenvalue weighted by Crippen LogP contribution is 2.34. The molecule has 1 heterocycles. The van der Waals surface area contributed by atoms with Gasteiger partial charge in [-0.2, -0.15) is 11.8 Å². The summed E-state index contributed by atoms with van der Waals surface area (Å²) in [7, 11) is 0. The average Bonchev–Trinajstić information content (AvgIpc) is 3.15. The predicted octanol–water partition coefficient (Wildman–Crippen LogP) is 6.19. The van der Waals surface area contributed by atoms with Crippen LogP contribution in [-0.4, -0.2) is 11.0 Å². The molecule has 0 nitrogen and oxygen atoms in total. The van der Waals surface area contributed by atoms with Crippen LogP contribution >= 0.6 is 11.8 Å². The van der Waals surface area contributed by atoms with E-state index in [0.29, 0.717) is 0 Å². The van der Waals surface area contributed by atoms with Gasteiger partial charge in [-0.3, -0.25) is 0 Å². The maximum atomic E-state index is 2.29. The first-order valence-electron chi connectivity index (χ1n) is 8.05. The normalized spacial score (nSPS) is 18.5. The average molecular weight is 256 g/mol. The Morgan fingerprint density at radius 2 is 1.12 bits per heavy atom. The predicted molar refractivity (Wildman–Crippen MR) is 81.9 cm³/mol. The Bertz CT molecular complexity index is 152. The van der Waals surface area contributed by atoms with Crippen LogP contribution in [0.1, 0.15) is 90.4 Å². The van der Waals surface area contributed by atoms with E-state index in [1.165, 1.54) is 89.2 Å². The van der Waals surface area contributed by atoms with Crippen LogP contribution < -0.4 is 0 Å². The molecule has 0 saturated carbocycles. The molecule has 1 atom stereocenters. The third kappa shape index (κ3) is 11.2. The van der Waals surface area contributed by atoms with Crippen LogP contribution in [0.15, 0.2) is 0 Å². The molecule has 1 saturated heterocycles. The van der Waals surface area contributed by atoms with Crippen LogP contribution in [0.3, 0.4) is 0 Å². The molecule has 1 heteroatoms. The third-order valence-electron chi connectivity index (χ3n) is 3.78. The number of hydrogen-bond donors (Lipinski definition) is 0. The highest BCUT2D eigenvalue weighted by Gasteiger charge is 2.20. The van der Waals surface area contributed by atoms with Gasteiger partial charge in [-0.15, -0.1) is 0 Å². The van der Waals surface area contributed by atoms with Crippen LogP contribution in [0.2, 0.25) is 0 Å². The second-order valence-electron chi connectivity index (χ2n) is 5.63. The molecule has 102 valence electrons. The summed E-state index contributed by atoms with van der Waals surface area (Å²) in [5.74, 6) is 1.46. The molecule has 0 aromatic heterocycles. The Morgan fingerprint density at radius 3 is 1.53 bits per heavy atom. The van der Waals surface area contributed by atoms with Crippen molar-refractivity contribution in [2.24, 2.45) is 0 Å². The monoisotopic (exact) mass is 256 g/mol. The minimum atomic E-state index is 1.07.